The Labute approximate surface area is 102 Å². The van der Waals surface area contributed by atoms with E-state index >= 15 is 0 Å². The van der Waals surface area contributed by atoms with E-state index in [4.69, 9.17) is 4.74 Å². The fraction of sp³-hybridized carbons (Fsp3) is 0.571. The molecule has 1 aliphatic rings. The van der Waals surface area contributed by atoms with Gasteiger partial charge in [-0.1, -0.05) is 12.1 Å². The summed E-state index contributed by atoms with van der Waals surface area (Å²) in [4.78, 5) is 0. The molecule has 0 aromatic heterocycles. The van der Waals surface area contributed by atoms with Crippen LogP contribution in [0.15, 0.2) is 18.2 Å². The molecule has 1 aliphatic heterocycles. The highest BCUT2D eigenvalue weighted by Gasteiger charge is 2.24. The van der Waals surface area contributed by atoms with Gasteiger partial charge in [0.05, 0.1) is 6.61 Å². The zero-order chi connectivity index (χ0) is 12.3. The summed E-state index contributed by atoms with van der Waals surface area (Å²) in [5.41, 5.74) is 1.72. The number of ether oxygens (including phenoxy) is 1. The smallest absolute Gasteiger partial charge is 0.126 e. The minimum absolute atomic E-state index is 0.125. The molecule has 17 heavy (non-hydrogen) atoms. The van der Waals surface area contributed by atoms with Crippen LogP contribution < -0.4 is 5.32 Å². The SMILES string of the molecule is CNC(c1ccc(C)c(F)c1)C1CCCOC1. The lowest BCUT2D eigenvalue weighted by Gasteiger charge is -2.30. The van der Waals surface area contributed by atoms with Crippen molar-refractivity contribution in [3.63, 3.8) is 0 Å². The van der Waals surface area contributed by atoms with Gasteiger partial charge in [-0.25, -0.2) is 4.39 Å². The molecule has 1 N–H and O–H groups in total. The molecule has 1 heterocycles. The van der Waals surface area contributed by atoms with Crippen molar-refractivity contribution in [3.05, 3.63) is 35.1 Å². The summed E-state index contributed by atoms with van der Waals surface area (Å²) < 4.78 is 19.1. The maximum atomic E-state index is 13.6. The fourth-order valence-electron chi connectivity index (χ4n) is 2.51. The van der Waals surface area contributed by atoms with Crippen LogP contribution in [-0.2, 0) is 4.74 Å². The molecular weight excluding hydrogens is 217 g/mol. The lowest BCUT2D eigenvalue weighted by molar-refractivity contribution is 0.0401. The Balaban J connectivity index is 2.18. The Bertz CT molecular complexity index is 374. The van der Waals surface area contributed by atoms with Gasteiger partial charge in [-0.15, -0.1) is 0 Å². The molecule has 0 amide bonds. The van der Waals surface area contributed by atoms with Gasteiger partial charge in [0.2, 0.25) is 0 Å². The number of aryl methyl sites for hydroxylation is 1. The van der Waals surface area contributed by atoms with Gasteiger partial charge < -0.3 is 10.1 Å². The number of halogens is 1. The topological polar surface area (TPSA) is 21.3 Å². The second-order valence-corrected chi connectivity index (χ2v) is 4.75. The van der Waals surface area contributed by atoms with Crippen LogP contribution in [-0.4, -0.2) is 20.3 Å². The first kappa shape index (κ1) is 12.5. The molecule has 0 saturated carbocycles. The van der Waals surface area contributed by atoms with E-state index in [1.165, 1.54) is 0 Å². The number of benzene rings is 1. The summed E-state index contributed by atoms with van der Waals surface area (Å²) in [5, 5.41) is 3.29. The molecule has 1 aromatic rings. The largest absolute Gasteiger partial charge is 0.381 e. The van der Waals surface area contributed by atoms with Crippen molar-refractivity contribution in [2.45, 2.75) is 25.8 Å². The van der Waals surface area contributed by atoms with Crippen LogP contribution in [0.25, 0.3) is 0 Å². The third-order valence-corrected chi connectivity index (χ3v) is 3.53. The highest BCUT2D eigenvalue weighted by molar-refractivity contribution is 5.26. The zero-order valence-electron chi connectivity index (χ0n) is 10.5. The molecule has 0 radical (unpaired) electrons. The summed E-state index contributed by atoms with van der Waals surface area (Å²) >= 11 is 0. The molecular formula is C14H20FNO. The Morgan fingerprint density at radius 3 is 2.88 bits per heavy atom. The van der Waals surface area contributed by atoms with Crippen LogP contribution in [0.4, 0.5) is 4.39 Å². The van der Waals surface area contributed by atoms with E-state index in [1.807, 2.05) is 19.2 Å². The molecule has 2 nitrogen and oxygen atoms in total. The van der Waals surface area contributed by atoms with Gasteiger partial charge in [0, 0.05) is 18.6 Å². The van der Waals surface area contributed by atoms with E-state index in [2.05, 4.69) is 5.32 Å². The number of hydrogen-bond donors (Lipinski definition) is 1. The molecule has 1 aromatic carbocycles. The van der Waals surface area contributed by atoms with Crippen molar-refractivity contribution < 1.29 is 9.13 Å². The van der Waals surface area contributed by atoms with Gasteiger partial charge >= 0.3 is 0 Å². The van der Waals surface area contributed by atoms with Gasteiger partial charge in [-0.3, -0.25) is 0 Å². The monoisotopic (exact) mass is 237 g/mol. The summed E-state index contributed by atoms with van der Waals surface area (Å²) in [7, 11) is 1.93. The van der Waals surface area contributed by atoms with E-state index in [1.54, 1.807) is 13.0 Å². The molecule has 0 bridgehead atoms. The average molecular weight is 237 g/mol. The molecule has 2 atom stereocenters. The van der Waals surface area contributed by atoms with E-state index in [9.17, 15) is 4.39 Å². The summed E-state index contributed by atoms with van der Waals surface area (Å²) in [5.74, 6) is 0.315. The van der Waals surface area contributed by atoms with Crippen molar-refractivity contribution >= 4 is 0 Å². The van der Waals surface area contributed by atoms with E-state index in [0.29, 0.717) is 11.5 Å². The second-order valence-electron chi connectivity index (χ2n) is 4.75. The summed E-state index contributed by atoms with van der Waals surface area (Å²) in [6.07, 6.45) is 2.23. The zero-order valence-corrected chi connectivity index (χ0v) is 10.5. The lowest BCUT2D eigenvalue weighted by atomic mass is 9.88. The highest BCUT2D eigenvalue weighted by atomic mass is 19.1. The van der Waals surface area contributed by atoms with Crippen LogP contribution in [0.3, 0.4) is 0 Å². The Kier molecular flexibility index (Phi) is 4.13. The first-order chi connectivity index (χ1) is 8.22. The van der Waals surface area contributed by atoms with E-state index < -0.39 is 0 Å². The molecule has 94 valence electrons. The van der Waals surface area contributed by atoms with Crippen LogP contribution in [0.2, 0.25) is 0 Å². The summed E-state index contributed by atoms with van der Waals surface area (Å²) in [6.45, 7) is 3.41. The molecule has 2 rings (SSSR count). The number of nitrogens with one attached hydrogen (secondary N) is 1. The first-order valence-electron chi connectivity index (χ1n) is 6.23. The minimum Gasteiger partial charge on any atom is -0.381 e. The van der Waals surface area contributed by atoms with Gasteiger partial charge in [0.15, 0.2) is 0 Å². The van der Waals surface area contributed by atoms with Gasteiger partial charge in [-0.05, 0) is 44.0 Å². The normalized spacial score (nSPS) is 22.4. The van der Waals surface area contributed by atoms with Gasteiger partial charge in [0.1, 0.15) is 5.82 Å². The molecule has 1 saturated heterocycles. The molecule has 1 fully saturated rings. The maximum Gasteiger partial charge on any atom is 0.126 e. The van der Waals surface area contributed by atoms with Crippen molar-refractivity contribution in [2.24, 2.45) is 5.92 Å². The number of hydrogen-bond acceptors (Lipinski definition) is 2. The minimum atomic E-state index is -0.125. The Morgan fingerprint density at radius 2 is 2.29 bits per heavy atom. The lowest BCUT2D eigenvalue weighted by Crippen LogP contribution is -2.31. The average Bonchev–Trinajstić information content (AvgIpc) is 2.36. The Hall–Kier alpha value is -0.930. The van der Waals surface area contributed by atoms with E-state index in [0.717, 1.165) is 31.6 Å². The van der Waals surface area contributed by atoms with Crippen molar-refractivity contribution in [1.29, 1.82) is 0 Å². The third kappa shape index (κ3) is 2.85. The van der Waals surface area contributed by atoms with Crippen molar-refractivity contribution in [2.75, 3.05) is 20.3 Å². The standard InChI is InChI=1S/C14H20FNO/c1-10-5-6-11(8-13(10)15)14(16-2)12-4-3-7-17-9-12/h5-6,8,12,14,16H,3-4,7,9H2,1-2H3. The number of rotatable bonds is 3. The van der Waals surface area contributed by atoms with Crippen LogP contribution in [0, 0.1) is 18.7 Å². The first-order valence-corrected chi connectivity index (χ1v) is 6.23. The highest BCUT2D eigenvalue weighted by Crippen LogP contribution is 2.29. The van der Waals surface area contributed by atoms with E-state index in [-0.39, 0.29) is 11.9 Å². The molecule has 0 spiro atoms. The van der Waals surface area contributed by atoms with Gasteiger partial charge in [0.25, 0.3) is 0 Å². The van der Waals surface area contributed by atoms with Crippen molar-refractivity contribution in [3.8, 4) is 0 Å². The molecule has 3 heteroatoms. The van der Waals surface area contributed by atoms with Crippen LogP contribution in [0.5, 0.6) is 0 Å². The maximum absolute atomic E-state index is 13.6. The fourth-order valence-corrected chi connectivity index (χ4v) is 2.51. The van der Waals surface area contributed by atoms with Crippen molar-refractivity contribution in [1.82, 2.24) is 5.32 Å². The molecule has 2 unspecified atom stereocenters. The third-order valence-electron chi connectivity index (χ3n) is 3.53. The van der Waals surface area contributed by atoms with Gasteiger partial charge in [-0.2, -0.15) is 0 Å². The quantitative estimate of drug-likeness (QED) is 0.872. The van der Waals surface area contributed by atoms with Crippen LogP contribution in [0.1, 0.15) is 30.0 Å². The predicted octanol–water partition coefficient (Wildman–Crippen LogP) is 2.82. The Morgan fingerprint density at radius 1 is 1.47 bits per heavy atom. The second kappa shape index (κ2) is 5.61. The molecule has 0 aliphatic carbocycles. The summed E-state index contributed by atoms with van der Waals surface area (Å²) in [6, 6.07) is 5.68. The van der Waals surface area contributed by atoms with Crippen LogP contribution >= 0.6 is 0 Å². The predicted molar refractivity (Wildman–Crippen MR) is 66.5 cm³/mol.